The summed E-state index contributed by atoms with van der Waals surface area (Å²) in [5.74, 6) is -3.43. The molecule has 0 aromatic carbocycles. The first-order chi connectivity index (χ1) is 23.5. The Bertz CT molecular complexity index is 1040. The average molecular weight is 723 g/mol. The van der Waals surface area contributed by atoms with Crippen LogP contribution in [0.1, 0.15) is 99.3 Å². The highest BCUT2D eigenvalue weighted by Crippen LogP contribution is 2.38. The summed E-state index contributed by atoms with van der Waals surface area (Å²) in [6.07, 6.45) is -6.48. The molecule has 2 aliphatic rings. The number of hydrogen-bond donors (Lipinski definition) is 6. The van der Waals surface area contributed by atoms with E-state index in [-0.39, 0.29) is 19.3 Å². The second kappa shape index (κ2) is 20.9. The van der Waals surface area contributed by atoms with Crippen LogP contribution >= 0.6 is 0 Å². The van der Waals surface area contributed by atoms with E-state index in [1.807, 2.05) is 41.5 Å². The molecule has 0 bridgehead atoms. The van der Waals surface area contributed by atoms with Crippen LogP contribution in [-0.2, 0) is 42.8 Å². The molecule has 0 aromatic heterocycles. The van der Waals surface area contributed by atoms with Gasteiger partial charge in [0.2, 0.25) is 5.79 Å². The second-order valence-corrected chi connectivity index (χ2v) is 14.8. The first kappa shape index (κ1) is 44.2. The lowest BCUT2D eigenvalue weighted by atomic mass is 9.93. The first-order valence-electron chi connectivity index (χ1n) is 17.9. The smallest absolute Gasteiger partial charge is 0.306 e. The van der Waals surface area contributed by atoms with Crippen molar-refractivity contribution in [1.82, 2.24) is 0 Å². The second-order valence-electron chi connectivity index (χ2n) is 14.8. The summed E-state index contributed by atoms with van der Waals surface area (Å²) < 4.78 is 34.7. The molecule has 6 N–H and O–H groups in total. The number of hydrogen-bond acceptors (Lipinski definition) is 15. The van der Waals surface area contributed by atoms with Crippen molar-refractivity contribution in [1.29, 1.82) is 0 Å². The number of aliphatic hydroxyl groups is 6. The maximum absolute atomic E-state index is 13.2. The van der Waals surface area contributed by atoms with Gasteiger partial charge in [-0.05, 0) is 37.0 Å². The number of rotatable bonds is 22. The van der Waals surface area contributed by atoms with E-state index in [9.17, 15) is 45.0 Å². The number of carbonyl (C=O) groups is 3. The van der Waals surface area contributed by atoms with Crippen molar-refractivity contribution in [3.05, 3.63) is 0 Å². The molecule has 0 unspecified atom stereocenters. The summed E-state index contributed by atoms with van der Waals surface area (Å²) in [5, 5.41) is 61.3. The maximum Gasteiger partial charge on any atom is 0.306 e. The van der Waals surface area contributed by atoms with Gasteiger partial charge in [-0.1, -0.05) is 60.8 Å². The molecule has 2 aliphatic heterocycles. The van der Waals surface area contributed by atoms with Crippen molar-refractivity contribution in [3.8, 4) is 0 Å². The van der Waals surface area contributed by atoms with E-state index in [0.717, 1.165) is 19.3 Å². The molecule has 292 valence electrons. The molecule has 0 saturated carbocycles. The molecule has 9 atom stereocenters. The average Bonchev–Trinajstić information content (AvgIpc) is 3.23. The van der Waals surface area contributed by atoms with Crippen LogP contribution in [0.4, 0.5) is 0 Å². The molecule has 15 nitrogen and oxygen atoms in total. The van der Waals surface area contributed by atoms with Gasteiger partial charge in [0, 0.05) is 19.3 Å². The van der Waals surface area contributed by atoms with E-state index >= 15 is 0 Å². The molecular formula is C35H62O15. The summed E-state index contributed by atoms with van der Waals surface area (Å²) in [7, 11) is 0. The number of ether oxygens (including phenoxy) is 6. The zero-order valence-corrected chi connectivity index (χ0v) is 30.5. The molecule has 2 saturated heterocycles. The predicted octanol–water partition coefficient (Wildman–Crippen LogP) is 1.14. The molecule has 2 fully saturated rings. The van der Waals surface area contributed by atoms with Gasteiger partial charge in [-0.25, -0.2) is 0 Å². The summed E-state index contributed by atoms with van der Waals surface area (Å²) in [6.45, 7) is 8.33. The fourth-order valence-electron chi connectivity index (χ4n) is 6.05. The molecule has 50 heavy (non-hydrogen) atoms. The van der Waals surface area contributed by atoms with Gasteiger partial charge in [-0.2, -0.15) is 0 Å². The van der Waals surface area contributed by atoms with E-state index in [0.29, 0.717) is 37.0 Å². The largest absolute Gasteiger partial charge is 0.455 e. The number of carbonyl (C=O) groups excluding carboxylic acids is 3. The van der Waals surface area contributed by atoms with Gasteiger partial charge in [-0.3, -0.25) is 14.4 Å². The predicted molar refractivity (Wildman–Crippen MR) is 177 cm³/mol. The van der Waals surface area contributed by atoms with Crippen molar-refractivity contribution < 1.29 is 73.4 Å². The van der Waals surface area contributed by atoms with Crippen LogP contribution in [0.5, 0.6) is 0 Å². The SMILES string of the molecule is CC(C)CCCC(=O)O[C@@H]1[C@@H](OC(=O)CCCC(C)C)[C@@H](COC[C@]2(CO)O[C@](O)(CO)[C@@H](O)[C@@H]2O)O[C@H](CO)[C@H]1OC(=O)CCCC(C)C. The van der Waals surface area contributed by atoms with Crippen LogP contribution in [0.25, 0.3) is 0 Å². The fraction of sp³-hybridized carbons (Fsp3) is 0.914. The summed E-state index contributed by atoms with van der Waals surface area (Å²) >= 11 is 0. The molecule has 0 spiro atoms. The zero-order chi connectivity index (χ0) is 37.6. The van der Waals surface area contributed by atoms with Crippen LogP contribution in [-0.4, -0.2) is 136 Å². The Morgan fingerprint density at radius 3 is 1.48 bits per heavy atom. The number of aliphatic hydroxyl groups excluding tert-OH is 5. The van der Waals surface area contributed by atoms with Crippen molar-refractivity contribution in [2.24, 2.45) is 17.8 Å². The summed E-state index contributed by atoms with van der Waals surface area (Å²) in [4.78, 5) is 39.4. The van der Waals surface area contributed by atoms with Gasteiger partial charge >= 0.3 is 17.9 Å². The van der Waals surface area contributed by atoms with Gasteiger partial charge in [0.15, 0.2) is 18.3 Å². The minimum absolute atomic E-state index is 0.0334. The number of esters is 3. The van der Waals surface area contributed by atoms with E-state index in [2.05, 4.69) is 0 Å². The Balaban J connectivity index is 2.41. The molecule has 0 radical (unpaired) electrons. The van der Waals surface area contributed by atoms with Crippen molar-refractivity contribution in [2.45, 2.75) is 153 Å². The molecule has 15 heteroatoms. The third kappa shape index (κ3) is 12.9. The maximum atomic E-state index is 13.2. The van der Waals surface area contributed by atoms with Crippen LogP contribution in [0.15, 0.2) is 0 Å². The van der Waals surface area contributed by atoms with Crippen LogP contribution in [0, 0.1) is 17.8 Å². The lowest BCUT2D eigenvalue weighted by Crippen LogP contribution is -2.63. The lowest BCUT2D eigenvalue weighted by Gasteiger charge is -2.44. The Labute approximate surface area is 295 Å². The topological polar surface area (TPSA) is 228 Å². The molecule has 2 heterocycles. The van der Waals surface area contributed by atoms with Gasteiger partial charge in [0.1, 0.15) is 30.0 Å². The third-order valence-electron chi connectivity index (χ3n) is 9.00. The van der Waals surface area contributed by atoms with Crippen LogP contribution < -0.4 is 0 Å². The summed E-state index contributed by atoms with van der Waals surface area (Å²) in [6, 6.07) is 0. The highest BCUT2D eigenvalue weighted by Gasteiger charge is 2.62. The van der Waals surface area contributed by atoms with E-state index in [1.54, 1.807) is 0 Å². The normalized spacial score (nSPS) is 31.4. The highest BCUT2D eigenvalue weighted by atomic mass is 16.7. The minimum atomic E-state index is -2.58. The fourth-order valence-corrected chi connectivity index (χ4v) is 6.05. The minimum Gasteiger partial charge on any atom is -0.455 e. The Kier molecular flexibility index (Phi) is 18.5. The molecule has 0 amide bonds. The van der Waals surface area contributed by atoms with E-state index < -0.39 is 105 Å². The van der Waals surface area contributed by atoms with E-state index in [4.69, 9.17) is 28.4 Å². The van der Waals surface area contributed by atoms with Gasteiger partial charge in [-0.15, -0.1) is 0 Å². The monoisotopic (exact) mass is 722 g/mol. The van der Waals surface area contributed by atoms with Gasteiger partial charge in [0.25, 0.3) is 0 Å². The highest BCUT2D eigenvalue weighted by molar-refractivity contribution is 5.71. The zero-order valence-electron chi connectivity index (χ0n) is 30.5. The molecule has 0 aromatic rings. The lowest BCUT2D eigenvalue weighted by molar-refractivity contribution is -0.283. The summed E-state index contributed by atoms with van der Waals surface area (Å²) in [5.41, 5.74) is -2.07. The van der Waals surface area contributed by atoms with Gasteiger partial charge in [0.05, 0.1) is 33.0 Å². The third-order valence-corrected chi connectivity index (χ3v) is 9.00. The first-order valence-corrected chi connectivity index (χ1v) is 17.9. The van der Waals surface area contributed by atoms with Crippen molar-refractivity contribution in [2.75, 3.05) is 33.0 Å². The van der Waals surface area contributed by atoms with Gasteiger partial charge < -0.3 is 59.1 Å². The van der Waals surface area contributed by atoms with E-state index in [1.165, 1.54) is 0 Å². The Morgan fingerprint density at radius 2 is 1.10 bits per heavy atom. The Hall–Kier alpha value is -1.95. The molecular weight excluding hydrogens is 660 g/mol. The Morgan fingerprint density at radius 1 is 0.660 bits per heavy atom. The molecule has 0 aliphatic carbocycles. The van der Waals surface area contributed by atoms with Crippen LogP contribution in [0.2, 0.25) is 0 Å². The van der Waals surface area contributed by atoms with Crippen molar-refractivity contribution in [3.63, 3.8) is 0 Å². The van der Waals surface area contributed by atoms with Crippen molar-refractivity contribution >= 4 is 17.9 Å². The quantitative estimate of drug-likeness (QED) is 0.0680. The standard InChI is InChI=1S/C35H62O15/c1-21(2)10-7-13-26(39)47-29-24(16-36)46-25(17-45-20-34(18-37)32(42)33(43)35(44,19-38)50-34)30(48-27(40)14-8-11-22(3)4)31(29)49-28(41)15-9-12-23(5)6/h21-25,29-33,36-38,42-44H,7-20H2,1-6H3/t24-,25-,29-,30+,31+,32+,33+,34+,35-/m1/s1. The van der Waals surface area contributed by atoms with Crippen LogP contribution in [0.3, 0.4) is 0 Å². The molecule has 2 rings (SSSR count).